The van der Waals surface area contributed by atoms with Crippen molar-refractivity contribution >= 4 is 27.8 Å². The predicted molar refractivity (Wildman–Crippen MR) is 151 cm³/mol. The third kappa shape index (κ3) is 4.62. The zero-order valence-corrected chi connectivity index (χ0v) is 23.5. The number of pyridine rings is 1. The lowest BCUT2D eigenvalue weighted by Crippen LogP contribution is -2.29. The third-order valence-electron chi connectivity index (χ3n) is 8.56. The molecule has 4 aromatic rings. The van der Waals surface area contributed by atoms with Gasteiger partial charge in [-0.15, -0.1) is 10.2 Å². The zero-order chi connectivity index (χ0) is 27.4. The largest absolute Gasteiger partial charge is 0.768 e. The van der Waals surface area contributed by atoms with E-state index in [2.05, 4.69) is 19.7 Å². The highest BCUT2D eigenvalue weighted by molar-refractivity contribution is 7.79. The molecule has 2 saturated carbocycles. The van der Waals surface area contributed by atoms with E-state index in [1.165, 1.54) is 18.4 Å². The standard InChI is InChI=1S/C30H33N5O4S/c1-38-21-8-7-20(28(11-21)39-2)16-34(15-18-3-4-18)30-33-32-17-35(30)27-10-9-22-23(27)13-29(40(36)37)24-12-26(19-5-6-19)31-14-25(22)24/h7-8,11-14,17-19,27H,3-6,9-10,15-16H2,1-2H3,(H,36,37)/p-1. The van der Waals surface area contributed by atoms with Crippen molar-refractivity contribution in [1.29, 1.82) is 0 Å². The first-order valence-electron chi connectivity index (χ1n) is 13.9. The molecule has 10 heteroatoms. The van der Waals surface area contributed by atoms with Crippen molar-refractivity contribution in [3.05, 3.63) is 65.2 Å². The molecule has 40 heavy (non-hydrogen) atoms. The Morgan fingerprint density at radius 2 is 1.93 bits per heavy atom. The lowest BCUT2D eigenvalue weighted by molar-refractivity contribution is 0.390. The number of ether oxygens (including phenoxy) is 2. The van der Waals surface area contributed by atoms with Crippen molar-refractivity contribution in [1.82, 2.24) is 19.7 Å². The maximum Gasteiger partial charge on any atom is 0.227 e. The molecule has 0 saturated heterocycles. The second-order valence-corrected chi connectivity index (χ2v) is 12.1. The summed E-state index contributed by atoms with van der Waals surface area (Å²) in [5.74, 6) is 3.38. The highest BCUT2D eigenvalue weighted by Gasteiger charge is 2.33. The molecule has 3 aliphatic carbocycles. The van der Waals surface area contributed by atoms with Crippen LogP contribution >= 0.6 is 0 Å². The minimum Gasteiger partial charge on any atom is -0.768 e. The van der Waals surface area contributed by atoms with Crippen molar-refractivity contribution in [2.75, 3.05) is 25.7 Å². The van der Waals surface area contributed by atoms with Gasteiger partial charge in [0.2, 0.25) is 5.95 Å². The normalized spacial score (nSPS) is 19.0. The SMILES string of the molecule is COc1ccc(CN(CC2CC2)c2nncn2C2CCc3c2cc(S(=O)[O-])c2cc(C4CC4)ncc32)c(OC)c1. The maximum absolute atomic E-state index is 12.4. The highest BCUT2D eigenvalue weighted by atomic mass is 32.2. The van der Waals surface area contributed by atoms with E-state index in [0.717, 1.165) is 77.3 Å². The average Bonchev–Trinajstić information content (AvgIpc) is 3.89. The summed E-state index contributed by atoms with van der Waals surface area (Å²) in [5, 5.41) is 10.7. The quantitative estimate of drug-likeness (QED) is 0.253. The summed E-state index contributed by atoms with van der Waals surface area (Å²) < 4.78 is 38.1. The molecule has 9 nitrogen and oxygen atoms in total. The van der Waals surface area contributed by atoms with Crippen LogP contribution in [0, 0.1) is 5.92 Å². The van der Waals surface area contributed by atoms with Crippen LogP contribution in [0.1, 0.15) is 66.4 Å². The van der Waals surface area contributed by atoms with Crippen LogP contribution < -0.4 is 14.4 Å². The number of methoxy groups -OCH3 is 2. The predicted octanol–water partition coefficient (Wildman–Crippen LogP) is 4.91. The Morgan fingerprint density at radius 1 is 1.07 bits per heavy atom. The second-order valence-electron chi connectivity index (χ2n) is 11.2. The van der Waals surface area contributed by atoms with Crippen LogP contribution in [0.5, 0.6) is 11.5 Å². The Morgan fingerprint density at radius 3 is 2.65 bits per heavy atom. The fraction of sp³-hybridized carbons (Fsp3) is 0.433. The van der Waals surface area contributed by atoms with Gasteiger partial charge in [-0.1, -0.05) is 0 Å². The maximum atomic E-state index is 12.4. The molecule has 0 bridgehead atoms. The van der Waals surface area contributed by atoms with Crippen molar-refractivity contribution < 1.29 is 18.2 Å². The van der Waals surface area contributed by atoms with E-state index in [-0.39, 0.29) is 6.04 Å². The number of nitrogens with zero attached hydrogens (tertiary/aromatic N) is 5. The van der Waals surface area contributed by atoms with Crippen LogP contribution in [0.4, 0.5) is 5.95 Å². The van der Waals surface area contributed by atoms with E-state index in [0.29, 0.717) is 23.3 Å². The molecule has 2 fully saturated rings. The van der Waals surface area contributed by atoms with Crippen LogP contribution in [0.2, 0.25) is 0 Å². The van der Waals surface area contributed by atoms with Gasteiger partial charge in [-0.25, -0.2) is 0 Å². The Hall–Kier alpha value is -3.50. The zero-order valence-electron chi connectivity index (χ0n) is 22.7. The van der Waals surface area contributed by atoms with E-state index in [9.17, 15) is 8.76 Å². The number of hydrogen-bond donors (Lipinski definition) is 0. The number of aromatic nitrogens is 4. The van der Waals surface area contributed by atoms with Gasteiger partial charge in [-0.3, -0.25) is 13.8 Å². The van der Waals surface area contributed by atoms with Crippen molar-refractivity contribution in [3.63, 3.8) is 0 Å². The van der Waals surface area contributed by atoms with E-state index < -0.39 is 11.1 Å². The van der Waals surface area contributed by atoms with E-state index in [1.807, 2.05) is 36.5 Å². The second kappa shape index (κ2) is 10.2. The van der Waals surface area contributed by atoms with Crippen LogP contribution in [-0.2, 0) is 24.0 Å². The molecule has 3 aliphatic rings. The number of aryl methyl sites for hydroxylation is 1. The van der Waals surface area contributed by atoms with Crippen molar-refractivity contribution in [3.8, 4) is 11.5 Å². The first-order valence-corrected chi connectivity index (χ1v) is 15.0. The van der Waals surface area contributed by atoms with Crippen LogP contribution in [0.25, 0.3) is 10.8 Å². The molecule has 2 atom stereocenters. The summed E-state index contributed by atoms with van der Waals surface area (Å²) in [5.41, 5.74) is 4.23. The molecule has 0 radical (unpaired) electrons. The summed E-state index contributed by atoms with van der Waals surface area (Å²) in [6.45, 7) is 1.48. The van der Waals surface area contributed by atoms with Gasteiger partial charge in [0.15, 0.2) is 0 Å². The van der Waals surface area contributed by atoms with Gasteiger partial charge < -0.3 is 18.9 Å². The van der Waals surface area contributed by atoms with E-state index >= 15 is 0 Å². The summed E-state index contributed by atoms with van der Waals surface area (Å²) in [6.07, 6.45) is 10.0. The lowest BCUT2D eigenvalue weighted by Gasteiger charge is -2.27. The fourth-order valence-corrected chi connectivity index (χ4v) is 6.69. The molecule has 0 amide bonds. The third-order valence-corrected chi connectivity index (χ3v) is 9.25. The van der Waals surface area contributed by atoms with Gasteiger partial charge in [0.25, 0.3) is 0 Å². The Labute approximate surface area is 235 Å². The van der Waals surface area contributed by atoms with Gasteiger partial charge in [0, 0.05) is 58.2 Å². The van der Waals surface area contributed by atoms with Crippen LogP contribution in [-0.4, -0.2) is 49.3 Å². The first kappa shape index (κ1) is 25.5. The molecular weight excluding hydrogens is 526 g/mol. The number of anilines is 1. The average molecular weight is 559 g/mol. The minimum absolute atomic E-state index is 0.0609. The van der Waals surface area contributed by atoms with Gasteiger partial charge in [-0.05, 0) is 90.9 Å². The number of hydrogen-bond acceptors (Lipinski definition) is 8. The monoisotopic (exact) mass is 558 g/mol. The topological polar surface area (TPSA) is 105 Å². The highest BCUT2D eigenvalue weighted by Crippen LogP contribution is 2.45. The molecule has 0 spiro atoms. The molecule has 2 heterocycles. The Balaban J connectivity index is 1.27. The van der Waals surface area contributed by atoms with Gasteiger partial charge in [0.05, 0.1) is 20.3 Å². The molecule has 2 aromatic carbocycles. The van der Waals surface area contributed by atoms with E-state index in [1.54, 1.807) is 20.5 Å². The summed E-state index contributed by atoms with van der Waals surface area (Å²) >= 11 is -2.36. The molecule has 208 valence electrons. The first-order chi connectivity index (χ1) is 19.5. The van der Waals surface area contributed by atoms with Crippen molar-refractivity contribution in [2.24, 2.45) is 5.92 Å². The smallest absolute Gasteiger partial charge is 0.227 e. The minimum atomic E-state index is -2.36. The Kier molecular flexibility index (Phi) is 6.47. The van der Waals surface area contributed by atoms with Crippen LogP contribution in [0.15, 0.2) is 47.8 Å². The number of rotatable bonds is 10. The number of benzene rings is 2. The summed E-state index contributed by atoms with van der Waals surface area (Å²) in [4.78, 5) is 7.36. The van der Waals surface area contributed by atoms with Gasteiger partial charge >= 0.3 is 0 Å². The van der Waals surface area contributed by atoms with Crippen molar-refractivity contribution in [2.45, 2.75) is 61.9 Å². The van der Waals surface area contributed by atoms with Gasteiger partial charge in [0.1, 0.15) is 17.8 Å². The molecule has 7 rings (SSSR count). The molecule has 2 unspecified atom stereocenters. The lowest BCUT2D eigenvalue weighted by atomic mass is 10.00. The fourth-order valence-electron chi connectivity index (χ4n) is 6.12. The van der Waals surface area contributed by atoms with E-state index in [4.69, 9.17) is 14.5 Å². The summed E-state index contributed by atoms with van der Waals surface area (Å²) in [7, 11) is 3.32. The number of fused-ring (bicyclic) bond motifs is 3. The van der Waals surface area contributed by atoms with Crippen LogP contribution in [0.3, 0.4) is 0 Å². The molecule has 0 aliphatic heterocycles. The molecule has 2 aromatic heterocycles. The van der Waals surface area contributed by atoms with Gasteiger partial charge in [-0.2, -0.15) is 0 Å². The summed E-state index contributed by atoms with van der Waals surface area (Å²) in [6, 6.07) is 9.69. The molecular formula is C30H32N5O4S-. The molecule has 0 N–H and O–H groups in total. The Bertz CT molecular complexity index is 1610.